The number of hydrogen-bond donors (Lipinski definition) is 1. The van der Waals surface area contributed by atoms with E-state index in [1.807, 2.05) is 36.4 Å². The second kappa shape index (κ2) is 8.79. The van der Waals surface area contributed by atoms with Crippen molar-refractivity contribution in [3.63, 3.8) is 0 Å². The largest absolute Gasteiger partial charge is 0.507 e. The van der Waals surface area contributed by atoms with Gasteiger partial charge in [0.2, 0.25) is 0 Å². The topological polar surface area (TPSA) is 40.5 Å². The van der Waals surface area contributed by atoms with Crippen LogP contribution in [0.5, 0.6) is 5.75 Å². The lowest BCUT2D eigenvalue weighted by molar-refractivity contribution is -0.122. The quantitative estimate of drug-likeness (QED) is 0.428. The first-order valence-corrected chi connectivity index (χ1v) is 11.8. The Bertz CT molecular complexity index is 993. The molecule has 31 heavy (non-hydrogen) atoms. The summed E-state index contributed by atoms with van der Waals surface area (Å²) in [4.78, 5) is 15.4. The molecule has 1 aliphatic heterocycles. The van der Waals surface area contributed by atoms with Gasteiger partial charge in [-0.05, 0) is 46.6 Å². The highest BCUT2D eigenvalue weighted by molar-refractivity contribution is 8.26. The minimum Gasteiger partial charge on any atom is -0.507 e. The molecule has 0 spiro atoms. The molecule has 1 aliphatic rings. The number of hydrogen-bond acceptors (Lipinski definition) is 4. The number of amides is 1. The Labute approximate surface area is 195 Å². The fourth-order valence-electron chi connectivity index (χ4n) is 3.61. The molecule has 5 heteroatoms. The summed E-state index contributed by atoms with van der Waals surface area (Å²) in [5.41, 5.74) is 3.42. The summed E-state index contributed by atoms with van der Waals surface area (Å²) in [6.07, 6.45) is 2.67. The molecule has 1 saturated heterocycles. The van der Waals surface area contributed by atoms with Crippen LogP contribution in [0.25, 0.3) is 6.08 Å². The average Bonchev–Trinajstić information content (AvgIpc) is 2.93. The second-order valence-corrected chi connectivity index (χ2v) is 11.7. The van der Waals surface area contributed by atoms with Gasteiger partial charge in [0.25, 0.3) is 5.91 Å². The van der Waals surface area contributed by atoms with Gasteiger partial charge in [-0.15, -0.1) is 0 Å². The molecule has 0 atom stereocenters. The Morgan fingerprint density at radius 1 is 1.00 bits per heavy atom. The van der Waals surface area contributed by atoms with E-state index in [2.05, 4.69) is 53.7 Å². The van der Waals surface area contributed by atoms with Crippen molar-refractivity contribution >= 4 is 40.3 Å². The van der Waals surface area contributed by atoms with E-state index >= 15 is 0 Å². The van der Waals surface area contributed by atoms with E-state index in [0.717, 1.165) is 23.1 Å². The third-order valence-electron chi connectivity index (χ3n) is 5.39. The van der Waals surface area contributed by atoms with Crippen LogP contribution >= 0.6 is 24.0 Å². The molecule has 1 fully saturated rings. The SMILES string of the molecule is CC(C)(C)c1cc(/C=C2\SC(=S)N(CCc3ccccc3)C2=O)cc(C(C)(C)C)c1O. The zero-order chi connectivity index (χ0) is 23.0. The van der Waals surface area contributed by atoms with Crippen molar-refractivity contribution in [2.75, 3.05) is 6.54 Å². The summed E-state index contributed by atoms with van der Waals surface area (Å²) >= 11 is 6.85. The summed E-state index contributed by atoms with van der Waals surface area (Å²) in [5.74, 6) is 0.293. The highest BCUT2D eigenvalue weighted by Gasteiger charge is 2.32. The summed E-state index contributed by atoms with van der Waals surface area (Å²) in [5, 5.41) is 10.9. The number of thiocarbonyl (C=S) groups is 1. The Morgan fingerprint density at radius 3 is 2.06 bits per heavy atom. The maximum Gasteiger partial charge on any atom is 0.266 e. The Hall–Kier alpha value is -2.11. The van der Waals surface area contributed by atoms with Crippen LogP contribution in [0.4, 0.5) is 0 Å². The molecule has 0 aliphatic carbocycles. The highest BCUT2D eigenvalue weighted by Crippen LogP contribution is 2.41. The van der Waals surface area contributed by atoms with Crippen molar-refractivity contribution < 1.29 is 9.90 Å². The third kappa shape index (κ3) is 5.39. The molecule has 2 aromatic rings. The molecule has 2 aromatic carbocycles. The molecular formula is C26H31NO2S2. The van der Waals surface area contributed by atoms with Gasteiger partial charge in [0.1, 0.15) is 10.1 Å². The number of carbonyl (C=O) groups excluding carboxylic acids is 1. The second-order valence-electron chi connectivity index (χ2n) is 10.0. The Morgan fingerprint density at radius 2 is 1.55 bits per heavy atom. The van der Waals surface area contributed by atoms with Crippen LogP contribution in [-0.4, -0.2) is 26.8 Å². The molecule has 1 amide bonds. The van der Waals surface area contributed by atoms with Crippen LogP contribution in [0.2, 0.25) is 0 Å². The lowest BCUT2D eigenvalue weighted by Crippen LogP contribution is -2.30. The van der Waals surface area contributed by atoms with Gasteiger partial charge in [0.15, 0.2) is 0 Å². The number of phenols is 1. The van der Waals surface area contributed by atoms with Gasteiger partial charge in [0, 0.05) is 17.7 Å². The van der Waals surface area contributed by atoms with E-state index in [0.29, 0.717) is 21.5 Å². The van der Waals surface area contributed by atoms with E-state index in [1.165, 1.54) is 17.3 Å². The summed E-state index contributed by atoms with van der Waals surface area (Å²) in [7, 11) is 0. The number of thioether (sulfide) groups is 1. The molecule has 164 valence electrons. The number of phenolic OH excluding ortho intramolecular Hbond substituents is 1. The molecule has 0 radical (unpaired) electrons. The molecule has 3 nitrogen and oxygen atoms in total. The van der Waals surface area contributed by atoms with Crippen molar-refractivity contribution in [3.8, 4) is 5.75 Å². The minimum atomic E-state index is -0.220. The van der Waals surface area contributed by atoms with Gasteiger partial charge >= 0.3 is 0 Å². The van der Waals surface area contributed by atoms with E-state index < -0.39 is 0 Å². The first-order valence-electron chi connectivity index (χ1n) is 10.5. The van der Waals surface area contributed by atoms with Gasteiger partial charge in [-0.2, -0.15) is 0 Å². The number of rotatable bonds is 4. The molecule has 0 bridgehead atoms. The normalized spacial score (nSPS) is 16.5. The summed E-state index contributed by atoms with van der Waals surface area (Å²) in [6.45, 7) is 13.1. The molecule has 3 rings (SSSR count). The fourth-order valence-corrected chi connectivity index (χ4v) is 4.92. The number of benzene rings is 2. The molecule has 0 unspecified atom stereocenters. The third-order valence-corrected chi connectivity index (χ3v) is 6.76. The minimum absolute atomic E-state index is 0.0476. The van der Waals surface area contributed by atoms with Crippen LogP contribution in [0, 0.1) is 0 Å². The van der Waals surface area contributed by atoms with E-state index in [1.54, 1.807) is 4.90 Å². The standard InChI is InChI=1S/C26H31NO2S2/c1-25(2,3)19-14-18(15-20(22(19)28)26(4,5)6)16-21-23(29)27(24(30)31-21)13-12-17-10-8-7-9-11-17/h7-11,14-16,28H,12-13H2,1-6H3/b21-16-. The predicted octanol–water partition coefficient (Wildman–Crippen LogP) is 6.43. The van der Waals surface area contributed by atoms with E-state index in [4.69, 9.17) is 12.2 Å². The van der Waals surface area contributed by atoms with Gasteiger partial charge in [-0.1, -0.05) is 95.9 Å². The van der Waals surface area contributed by atoms with Gasteiger partial charge in [-0.3, -0.25) is 9.69 Å². The van der Waals surface area contributed by atoms with Crippen molar-refractivity contribution in [2.24, 2.45) is 0 Å². The smallest absolute Gasteiger partial charge is 0.266 e. The lowest BCUT2D eigenvalue weighted by Gasteiger charge is -2.28. The maximum absolute atomic E-state index is 13.1. The van der Waals surface area contributed by atoms with Crippen LogP contribution in [0.1, 0.15) is 63.8 Å². The van der Waals surface area contributed by atoms with Crippen molar-refractivity contribution in [3.05, 3.63) is 69.6 Å². The van der Waals surface area contributed by atoms with Gasteiger partial charge in [0.05, 0.1) is 4.91 Å². The maximum atomic E-state index is 13.1. The van der Waals surface area contributed by atoms with Crippen LogP contribution < -0.4 is 0 Å². The van der Waals surface area contributed by atoms with Crippen molar-refractivity contribution in [1.29, 1.82) is 0 Å². The van der Waals surface area contributed by atoms with Crippen molar-refractivity contribution in [1.82, 2.24) is 4.90 Å². The Kier molecular flexibility index (Phi) is 6.68. The molecule has 0 aromatic heterocycles. The number of nitrogens with zero attached hydrogens (tertiary/aromatic N) is 1. The molecular weight excluding hydrogens is 422 g/mol. The van der Waals surface area contributed by atoms with E-state index in [-0.39, 0.29) is 16.7 Å². The molecule has 0 saturated carbocycles. The van der Waals surface area contributed by atoms with Crippen LogP contribution in [0.15, 0.2) is 47.4 Å². The fraction of sp³-hybridized carbons (Fsp3) is 0.385. The highest BCUT2D eigenvalue weighted by atomic mass is 32.2. The first-order chi connectivity index (χ1) is 14.4. The molecule has 1 heterocycles. The summed E-state index contributed by atoms with van der Waals surface area (Å²) in [6, 6.07) is 14.1. The van der Waals surface area contributed by atoms with Crippen LogP contribution in [-0.2, 0) is 22.0 Å². The van der Waals surface area contributed by atoms with E-state index in [9.17, 15) is 9.90 Å². The first kappa shape index (κ1) is 23.6. The predicted molar refractivity (Wildman–Crippen MR) is 136 cm³/mol. The van der Waals surface area contributed by atoms with Crippen LogP contribution in [0.3, 0.4) is 0 Å². The van der Waals surface area contributed by atoms with Crippen molar-refractivity contribution in [2.45, 2.75) is 58.8 Å². The summed E-state index contributed by atoms with van der Waals surface area (Å²) < 4.78 is 0.595. The van der Waals surface area contributed by atoms with Gasteiger partial charge < -0.3 is 5.11 Å². The average molecular weight is 454 g/mol. The molecule has 1 N–H and O–H groups in total. The zero-order valence-electron chi connectivity index (χ0n) is 19.2. The number of aromatic hydroxyl groups is 1. The zero-order valence-corrected chi connectivity index (χ0v) is 20.8. The monoisotopic (exact) mass is 453 g/mol. The Balaban J connectivity index is 1.92. The lowest BCUT2D eigenvalue weighted by atomic mass is 9.78. The van der Waals surface area contributed by atoms with Gasteiger partial charge in [-0.25, -0.2) is 0 Å². The number of carbonyl (C=O) groups is 1.